The molecule has 0 saturated carbocycles. The first-order chi connectivity index (χ1) is 14.1. The minimum atomic E-state index is 0.412. The maximum Gasteiger partial charge on any atom is 0.159 e. The van der Waals surface area contributed by atoms with Gasteiger partial charge in [0.05, 0.1) is 11.6 Å². The Bertz CT molecular complexity index is 1050. The molecular formula is C25H25N3O. The molecule has 0 saturated heterocycles. The van der Waals surface area contributed by atoms with Gasteiger partial charge in [-0.3, -0.25) is 0 Å². The Kier molecular flexibility index (Phi) is 6.51. The second kappa shape index (κ2) is 9.25. The molecule has 0 aliphatic heterocycles. The van der Waals surface area contributed by atoms with Gasteiger partial charge in [-0.05, 0) is 47.1 Å². The van der Waals surface area contributed by atoms with Crippen molar-refractivity contribution in [2.45, 2.75) is 40.0 Å². The summed E-state index contributed by atoms with van der Waals surface area (Å²) in [5.41, 5.74) is 6.76. The van der Waals surface area contributed by atoms with Crippen LogP contribution in [0, 0.1) is 17.2 Å². The summed E-state index contributed by atoms with van der Waals surface area (Å²) in [6.07, 6.45) is 6.69. The number of hydrogen-bond acceptors (Lipinski definition) is 4. The van der Waals surface area contributed by atoms with Crippen LogP contribution in [0.1, 0.15) is 43.0 Å². The number of nitrogens with zero attached hydrogens (tertiary/aromatic N) is 3. The third kappa shape index (κ3) is 4.57. The molecule has 0 aliphatic rings. The number of carbonyl (C=O) groups is 1. The van der Waals surface area contributed by atoms with E-state index in [2.05, 4.69) is 36.8 Å². The second-order valence-electron chi connectivity index (χ2n) is 7.54. The molecule has 0 amide bonds. The highest BCUT2D eigenvalue weighted by Gasteiger charge is 2.12. The molecule has 3 aromatic rings. The summed E-state index contributed by atoms with van der Waals surface area (Å²) in [5, 5.41) is 9.51. The van der Waals surface area contributed by atoms with Crippen molar-refractivity contribution in [2.24, 2.45) is 5.92 Å². The maximum atomic E-state index is 11.0. The van der Waals surface area contributed by atoms with E-state index in [1.165, 1.54) is 0 Å². The topological polar surface area (TPSA) is 66.6 Å². The van der Waals surface area contributed by atoms with Crippen LogP contribution >= 0.6 is 0 Å². The van der Waals surface area contributed by atoms with Gasteiger partial charge in [0.2, 0.25) is 0 Å². The van der Waals surface area contributed by atoms with Crippen molar-refractivity contribution < 1.29 is 4.79 Å². The summed E-state index contributed by atoms with van der Waals surface area (Å²) in [7, 11) is 0. The molecule has 0 bridgehead atoms. The fraction of sp³-hybridized carbons (Fsp3) is 0.280. The molecule has 29 heavy (non-hydrogen) atoms. The molecule has 0 unspecified atom stereocenters. The van der Waals surface area contributed by atoms with Crippen molar-refractivity contribution in [1.82, 2.24) is 9.97 Å². The van der Waals surface area contributed by atoms with Gasteiger partial charge in [0, 0.05) is 29.9 Å². The number of rotatable bonds is 7. The van der Waals surface area contributed by atoms with Gasteiger partial charge >= 0.3 is 0 Å². The largest absolute Gasteiger partial charge is 0.303 e. The zero-order chi connectivity index (χ0) is 20.8. The molecule has 0 aliphatic carbocycles. The smallest absolute Gasteiger partial charge is 0.159 e. The van der Waals surface area contributed by atoms with Gasteiger partial charge in [-0.1, -0.05) is 51.1 Å². The van der Waals surface area contributed by atoms with Crippen LogP contribution in [0.15, 0.2) is 48.8 Å². The Balaban J connectivity index is 1.95. The first-order valence-corrected chi connectivity index (χ1v) is 9.97. The minimum absolute atomic E-state index is 0.412. The molecule has 1 aromatic heterocycles. The Morgan fingerprint density at radius 3 is 2.45 bits per heavy atom. The van der Waals surface area contributed by atoms with Gasteiger partial charge in [0.15, 0.2) is 5.82 Å². The fourth-order valence-corrected chi connectivity index (χ4v) is 3.66. The molecule has 0 N–H and O–H groups in total. The van der Waals surface area contributed by atoms with Crippen LogP contribution in [-0.2, 0) is 24.1 Å². The molecule has 146 valence electrons. The molecule has 0 atom stereocenters. The summed E-state index contributed by atoms with van der Waals surface area (Å²) in [6, 6.07) is 14.2. The van der Waals surface area contributed by atoms with Gasteiger partial charge in [-0.25, -0.2) is 9.97 Å². The number of nitriles is 1. The number of aldehydes is 1. The number of hydrogen-bond donors (Lipinski definition) is 0. The van der Waals surface area contributed by atoms with E-state index in [0.717, 1.165) is 52.5 Å². The number of carbonyl (C=O) groups excluding carboxylic acids is 1. The Morgan fingerprint density at radius 2 is 1.83 bits per heavy atom. The van der Waals surface area contributed by atoms with E-state index >= 15 is 0 Å². The van der Waals surface area contributed by atoms with E-state index in [-0.39, 0.29) is 0 Å². The molecule has 0 spiro atoms. The monoisotopic (exact) mass is 383 g/mol. The van der Waals surface area contributed by atoms with Crippen LogP contribution in [0.2, 0.25) is 0 Å². The van der Waals surface area contributed by atoms with Crippen molar-refractivity contribution in [2.75, 3.05) is 0 Å². The first kappa shape index (κ1) is 20.4. The van der Waals surface area contributed by atoms with E-state index in [9.17, 15) is 10.1 Å². The molecule has 4 heteroatoms. The van der Waals surface area contributed by atoms with Gasteiger partial charge in [-0.2, -0.15) is 5.26 Å². The summed E-state index contributed by atoms with van der Waals surface area (Å²) < 4.78 is 0. The molecule has 1 heterocycles. The summed E-state index contributed by atoms with van der Waals surface area (Å²) in [4.78, 5) is 20.1. The summed E-state index contributed by atoms with van der Waals surface area (Å²) in [5.74, 6) is 1.09. The zero-order valence-electron chi connectivity index (χ0n) is 17.1. The van der Waals surface area contributed by atoms with Crippen LogP contribution in [0.4, 0.5) is 0 Å². The molecule has 0 radical (unpaired) electrons. The average Bonchev–Trinajstić information content (AvgIpc) is 2.74. The lowest BCUT2D eigenvalue weighted by Crippen LogP contribution is -1.99. The Hall–Kier alpha value is -3.32. The van der Waals surface area contributed by atoms with Crippen LogP contribution in [0.25, 0.3) is 22.5 Å². The van der Waals surface area contributed by atoms with Crippen LogP contribution in [0.5, 0.6) is 0 Å². The quantitative estimate of drug-likeness (QED) is 0.527. The normalized spacial score (nSPS) is 10.7. The molecule has 0 fully saturated rings. The van der Waals surface area contributed by atoms with E-state index in [4.69, 9.17) is 0 Å². The number of benzene rings is 2. The minimum Gasteiger partial charge on any atom is -0.303 e. The predicted octanol–water partition coefficient (Wildman–Crippen LogP) is 5.18. The highest BCUT2D eigenvalue weighted by Crippen LogP contribution is 2.28. The highest BCUT2D eigenvalue weighted by atomic mass is 16.1. The van der Waals surface area contributed by atoms with Crippen molar-refractivity contribution in [3.05, 3.63) is 71.0 Å². The molecule has 4 nitrogen and oxygen atoms in total. The van der Waals surface area contributed by atoms with Gasteiger partial charge < -0.3 is 4.79 Å². The second-order valence-corrected chi connectivity index (χ2v) is 7.54. The van der Waals surface area contributed by atoms with Crippen molar-refractivity contribution in [1.29, 1.82) is 5.26 Å². The van der Waals surface area contributed by atoms with E-state index in [0.29, 0.717) is 23.7 Å². The van der Waals surface area contributed by atoms with Crippen molar-refractivity contribution >= 4 is 6.29 Å². The van der Waals surface area contributed by atoms with E-state index in [1.54, 1.807) is 0 Å². The SMILES string of the molecule is CCc1c(CC=O)cccc1-c1cnc(-c2ccc(CC(C)C)c(C#N)c2)nc1. The Labute approximate surface area is 172 Å². The summed E-state index contributed by atoms with van der Waals surface area (Å²) >= 11 is 0. The standard InChI is InChI=1S/C25H25N3O/c1-4-23-18(10-11-29)6-5-7-24(23)22-15-27-25(28-16-22)20-9-8-19(12-17(2)3)21(13-20)14-26/h5-9,11,13,15-17H,4,10,12H2,1-3H3. The predicted molar refractivity (Wildman–Crippen MR) is 115 cm³/mol. The average molecular weight is 383 g/mol. The number of aromatic nitrogens is 2. The van der Waals surface area contributed by atoms with Gasteiger partial charge in [0.1, 0.15) is 6.29 Å². The first-order valence-electron chi connectivity index (χ1n) is 9.97. The zero-order valence-corrected chi connectivity index (χ0v) is 17.1. The van der Waals surface area contributed by atoms with Crippen LogP contribution < -0.4 is 0 Å². The molecular weight excluding hydrogens is 358 g/mol. The lowest BCUT2D eigenvalue weighted by atomic mass is 9.94. The van der Waals surface area contributed by atoms with Gasteiger partial charge in [-0.15, -0.1) is 0 Å². The summed E-state index contributed by atoms with van der Waals surface area (Å²) in [6.45, 7) is 6.38. The lowest BCUT2D eigenvalue weighted by molar-refractivity contribution is -0.107. The Morgan fingerprint density at radius 1 is 1.07 bits per heavy atom. The van der Waals surface area contributed by atoms with Gasteiger partial charge in [0.25, 0.3) is 0 Å². The molecule has 2 aromatic carbocycles. The van der Waals surface area contributed by atoms with Crippen molar-refractivity contribution in [3.63, 3.8) is 0 Å². The lowest BCUT2D eigenvalue weighted by Gasteiger charge is -2.12. The third-order valence-corrected chi connectivity index (χ3v) is 5.01. The van der Waals surface area contributed by atoms with Crippen LogP contribution in [-0.4, -0.2) is 16.3 Å². The van der Waals surface area contributed by atoms with Crippen molar-refractivity contribution in [3.8, 4) is 28.6 Å². The van der Waals surface area contributed by atoms with E-state index in [1.807, 2.05) is 48.8 Å². The molecule has 3 rings (SSSR count). The third-order valence-electron chi connectivity index (χ3n) is 5.01. The van der Waals surface area contributed by atoms with Crippen LogP contribution in [0.3, 0.4) is 0 Å². The fourth-order valence-electron chi connectivity index (χ4n) is 3.66. The highest BCUT2D eigenvalue weighted by molar-refractivity contribution is 5.70. The maximum absolute atomic E-state index is 11.0. The van der Waals surface area contributed by atoms with E-state index < -0.39 is 0 Å².